The predicted molar refractivity (Wildman–Crippen MR) is 123 cm³/mol. The van der Waals surface area contributed by atoms with Gasteiger partial charge < -0.3 is 14.6 Å². The van der Waals surface area contributed by atoms with Crippen molar-refractivity contribution in [2.24, 2.45) is 0 Å². The number of carbonyl (C=O) groups is 1. The summed E-state index contributed by atoms with van der Waals surface area (Å²) in [6, 6.07) is 15.3. The maximum absolute atomic E-state index is 12.5. The number of carbonyl (C=O) groups excluding carboxylic acids is 1. The number of likely N-dealkylation sites (tertiary alicyclic amines) is 1. The van der Waals surface area contributed by atoms with E-state index in [0.717, 1.165) is 35.0 Å². The second-order valence-electron chi connectivity index (χ2n) is 7.82. The maximum Gasteiger partial charge on any atom is 0.227 e. The Morgan fingerprint density at radius 1 is 1.19 bits per heavy atom. The molecule has 168 valence electrons. The van der Waals surface area contributed by atoms with Crippen LogP contribution in [0, 0.1) is 0 Å². The maximum atomic E-state index is 12.5. The Morgan fingerprint density at radius 3 is 2.66 bits per heavy atom. The number of halogens is 1. The van der Waals surface area contributed by atoms with Gasteiger partial charge in [-0.2, -0.15) is 4.98 Å². The van der Waals surface area contributed by atoms with E-state index >= 15 is 0 Å². The van der Waals surface area contributed by atoms with E-state index in [0.29, 0.717) is 24.7 Å². The van der Waals surface area contributed by atoms with E-state index in [4.69, 9.17) is 20.9 Å². The lowest BCUT2D eigenvalue weighted by molar-refractivity contribution is -0.121. The molecule has 2 aromatic carbocycles. The minimum atomic E-state index is -0.0505. The summed E-state index contributed by atoms with van der Waals surface area (Å²) < 4.78 is 10.5. The molecule has 3 aromatic rings. The minimum Gasteiger partial charge on any atom is -0.497 e. The van der Waals surface area contributed by atoms with Gasteiger partial charge in [0.15, 0.2) is 0 Å². The number of nitrogens with one attached hydrogen (secondary N) is 1. The molecule has 2 heterocycles. The summed E-state index contributed by atoms with van der Waals surface area (Å²) in [5.41, 5.74) is 1.89. The average molecular weight is 455 g/mol. The first-order valence-corrected chi connectivity index (χ1v) is 11.2. The molecule has 1 aliphatic heterocycles. The smallest absolute Gasteiger partial charge is 0.227 e. The molecule has 0 saturated carbocycles. The number of aromatic nitrogens is 2. The fourth-order valence-electron chi connectivity index (χ4n) is 3.97. The Balaban J connectivity index is 1.32. The summed E-state index contributed by atoms with van der Waals surface area (Å²) >= 11 is 6.45. The molecule has 1 fully saturated rings. The molecule has 1 aromatic heterocycles. The van der Waals surface area contributed by atoms with Gasteiger partial charge in [-0.1, -0.05) is 35.0 Å². The lowest BCUT2D eigenvalue weighted by atomic mass is 10.1. The normalized spacial score (nSPS) is 14.9. The van der Waals surface area contributed by atoms with Gasteiger partial charge in [-0.25, -0.2) is 0 Å². The third-order valence-corrected chi connectivity index (χ3v) is 6.06. The highest BCUT2D eigenvalue weighted by atomic mass is 35.5. The fraction of sp³-hybridized carbons (Fsp3) is 0.375. The molecule has 1 N–H and O–H groups in total. The topological polar surface area (TPSA) is 80.5 Å². The second-order valence-corrected chi connectivity index (χ2v) is 8.23. The number of hydrogen-bond acceptors (Lipinski definition) is 6. The van der Waals surface area contributed by atoms with E-state index < -0.39 is 0 Å². The van der Waals surface area contributed by atoms with Crippen LogP contribution in [0.2, 0.25) is 5.02 Å². The molecule has 0 aliphatic carbocycles. The molecular weight excluding hydrogens is 428 g/mol. The van der Waals surface area contributed by atoms with Crippen LogP contribution in [0.3, 0.4) is 0 Å². The number of ether oxygens (including phenoxy) is 1. The van der Waals surface area contributed by atoms with E-state index in [9.17, 15) is 4.79 Å². The van der Waals surface area contributed by atoms with Gasteiger partial charge in [-0.05, 0) is 61.8 Å². The quantitative estimate of drug-likeness (QED) is 0.519. The molecule has 0 bridgehead atoms. The third kappa shape index (κ3) is 5.47. The number of methoxy groups -OCH3 is 1. The van der Waals surface area contributed by atoms with Crippen LogP contribution in [0.15, 0.2) is 53.1 Å². The summed E-state index contributed by atoms with van der Waals surface area (Å²) in [5.74, 6) is 1.65. The fourth-order valence-corrected chi connectivity index (χ4v) is 4.23. The minimum absolute atomic E-state index is 0.0505. The van der Waals surface area contributed by atoms with Crippen molar-refractivity contribution in [3.8, 4) is 17.1 Å². The van der Waals surface area contributed by atoms with E-state index in [2.05, 4.69) is 20.4 Å². The van der Waals surface area contributed by atoms with Crippen molar-refractivity contribution in [3.63, 3.8) is 0 Å². The summed E-state index contributed by atoms with van der Waals surface area (Å²) in [6.07, 6.45) is 3.00. The zero-order valence-electron chi connectivity index (χ0n) is 18.1. The van der Waals surface area contributed by atoms with E-state index in [-0.39, 0.29) is 18.4 Å². The highest BCUT2D eigenvalue weighted by Crippen LogP contribution is 2.29. The van der Waals surface area contributed by atoms with Crippen LogP contribution in [0.25, 0.3) is 11.4 Å². The Labute approximate surface area is 192 Å². The van der Waals surface area contributed by atoms with Gasteiger partial charge in [0.25, 0.3) is 0 Å². The zero-order valence-corrected chi connectivity index (χ0v) is 18.8. The monoisotopic (exact) mass is 454 g/mol. The van der Waals surface area contributed by atoms with Crippen LogP contribution >= 0.6 is 11.6 Å². The van der Waals surface area contributed by atoms with Crippen LogP contribution in [-0.2, 0) is 11.2 Å². The van der Waals surface area contributed by atoms with E-state index in [1.165, 1.54) is 12.8 Å². The second kappa shape index (κ2) is 10.6. The first-order valence-electron chi connectivity index (χ1n) is 10.9. The molecule has 8 heteroatoms. The van der Waals surface area contributed by atoms with Crippen molar-refractivity contribution >= 4 is 17.5 Å². The number of hydrogen-bond donors (Lipinski definition) is 1. The third-order valence-electron chi connectivity index (χ3n) is 5.72. The van der Waals surface area contributed by atoms with Gasteiger partial charge in [-0.15, -0.1) is 0 Å². The molecule has 1 aliphatic rings. The van der Waals surface area contributed by atoms with Crippen molar-refractivity contribution < 1.29 is 14.1 Å². The average Bonchev–Trinajstić information content (AvgIpc) is 3.52. The molecular formula is C24H27ClN4O3. The molecule has 1 atom stereocenters. The van der Waals surface area contributed by atoms with Crippen LogP contribution < -0.4 is 10.1 Å². The summed E-state index contributed by atoms with van der Waals surface area (Å²) in [4.78, 5) is 19.3. The van der Waals surface area contributed by atoms with Crippen LogP contribution in [0.5, 0.6) is 5.75 Å². The first-order chi connectivity index (χ1) is 15.6. The molecule has 1 saturated heterocycles. The number of rotatable bonds is 9. The standard InChI is InChI=1S/C24H27ClN4O3/c1-31-18-10-8-17(9-11-18)24-27-23(32-28-24)13-12-22(30)26-16-21(29-14-4-5-15-29)19-6-2-3-7-20(19)25/h2-3,6-11,21H,4-5,12-16H2,1H3,(H,26,30)/t21-/m0/s1. The van der Waals surface area contributed by atoms with Crippen LogP contribution in [0.1, 0.15) is 36.8 Å². The molecule has 0 radical (unpaired) electrons. The molecule has 0 spiro atoms. The molecule has 1 amide bonds. The van der Waals surface area contributed by atoms with Gasteiger partial charge >= 0.3 is 0 Å². The Morgan fingerprint density at radius 2 is 1.94 bits per heavy atom. The number of benzene rings is 2. The van der Waals surface area contributed by atoms with Crippen molar-refractivity contribution in [2.45, 2.75) is 31.7 Å². The summed E-state index contributed by atoms with van der Waals surface area (Å²) in [7, 11) is 1.62. The van der Waals surface area contributed by atoms with Gasteiger partial charge in [0, 0.05) is 30.0 Å². The highest BCUT2D eigenvalue weighted by molar-refractivity contribution is 6.31. The van der Waals surface area contributed by atoms with Gasteiger partial charge in [0.05, 0.1) is 13.2 Å². The van der Waals surface area contributed by atoms with Crippen molar-refractivity contribution in [3.05, 3.63) is 65.0 Å². The van der Waals surface area contributed by atoms with Gasteiger partial charge in [-0.3, -0.25) is 9.69 Å². The van der Waals surface area contributed by atoms with Gasteiger partial charge in [0.2, 0.25) is 17.6 Å². The van der Waals surface area contributed by atoms with Crippen molar-refractivity contribution in [2.75, 3.05) is 26.7 Å². The first kappa shape index (κ1) is 22.3. The molecule has 0 unspecified atom stereocenters. The Bertz CT molecular complexity index is 1030. The predicted octanol–water partition coefficient (Wildman–Crippen LogP) is 4.28. The zero-order chi connectivity index (χ0) is 22.3. The SMILES string of the molecule is COc1ccc(-c2noc(CCC(=O)NC[C@@H](c3ccccc3Cl)N3CCCC3)n2)cc1. The summed E-state index contributed by atoms with van der Waals surface area (Å²) in [5, 5.41) is 7.81. The van der Waals surface area contributed by atoms with Crippen molar-refractivity contribution in [1.29, 1.82) is 0 Å². The van der Waals surface area contributed by atoms with Crippen LogP contribution in [0.4, 0.5) is 0 Å². The van der Waals surface area contributed by atoms with Crippen LogP contribution in [-0.4, -0.2) is 47.7 Å². The number of aryl methyl sites for hydroxylation is 1. The number of amides is 1. The summed E-state index contributed by atoms with van der Waals surface area (Å²) in [6.45, 7) is 2.55. The van der Waals surface area contributed by atoms with E-state index in [1.54, 1.807) is 7.11 Å². The molecule has 4 rings (SSSR count). The van der Waals surface area contributed by atoms with E-state index in [1.807, 2.05) is 48.5 Å². The number of nitrogens with zero attached hydrogens (tertiary/aromatic N) is 3. The van der Waals surface area contributed by atoms with Crippen molar-refractivity contribution in [1.82, 2.24) is 20.4 Å². The Kier molecular flexibility index (Phi) is 7.39. The highest BCUT2D eigenvalue weighted by Gasteiger charge is 2.25. The van der Waals surface area contributed by atoms with Gasteiger partial charge in [0.1, 0.15) is 5.75 Å². The molecule has 7 nitrogen and oxygen atoms in total. The lowest BCUT2D eigenvalue weighted by Crippen LogP contribution is -2.37. The largest absolute Gasteiger partial charge is 0.497 e. The molecule has 32 heavy (non-hydrogen) atoms. The lowest BCUT2D eigenvalue weighted by Gasteiger charge is -2.29. The Hall–Kier alpha value is -2.90.